The zero-order valence-corrected chi connectivity index (χ0v) is 4.65. The molecule has 1 heteroatoms. The molecule has 0 rings (SSSR count). The lowest BCUT2D eigenvalue weighted by Crippen LogP contribution is -1.57. The minimum atomic E-state index is 0.327. The lowest BCUT2D eigenvalue weighted by Gasteiger charge is -1.67. The number of nitriles is 1. The van der Waals surface area contributed by atoms with Crippen LogP contribution in [-0.2, 0) is 0 Å². The molecule has 8 heavy (non-hydrogen) atoms. The van der Waals surface area contributed by atoms with Gasteiger partial charge in [-0.1, -0.05) is 17.9 Å². The van der Waals surface area contributed by atoms with Crippen LogP contribution < -0.4 is 0 Å². The molecule has 0 saturated heterocycles. The van der Waals surface area contributed by atoms with E-state index in [1.165, 1.54) is 0 Å². The zero-order valence-electron chi connectivity index (χ0n) is 4.65. The van der Waals surface area contributed by atoms with Gasteiger partial charge in [-0.25, -0.2) is 0 Å². The predicted molar refractivity (Wildman–Crippen MR) is 32.8 cm³/mol. The molecule has 0 unspecified atom stereocenters. The third kappa shape index (κ3) is 4.79. The lowest BCUT2D eigenvalue weighted by molar-refractivity contribution is 1.38. The Morgan fingerprint density at radius 3 is 2.75 bits per heavy atom. The highest BCUT2D eigenvalue weighted by molar-refractivity contribution is 5.06. The molecule has 0 aliphatic heterocycles. The molecule has 0 bridgehead atoms. The van der Waals surface area contributed by atoms with Crippen LogP contribution in [0.2, 0.25) is 0 Å². The molecular formula is C7H7N. The van der Waals surface area contributed by atoms with Gasteiger partial charge in [-0.2, -0.15) is 5.26 Å². The minimum Gasteiger partial charge on any atom is -0.197 e. The van der Waals surface area contributed by atoms with Crippen LogP contribution in [0.3, 0.4) is 0 Å². The molecule has 0 aromatic carbocycles. The summed E-state index contributed by atoms with van der Waals surface area (Å²) in [4.78, 5) is 0. The van der Waals surface area contributed by atoms with Crippen LogP contribution in [0.25, 0.3) is 0 Å². The third-order valence-corrected chi connectivity index (χ3v) is 0.539. The molecule has 0 aliphatic carbocycles. The van der Waals surface area contributed by atoms with Crippen LogP contribution in [0, 0.1) is 23.2 Å². The highest BCUT2D eigenvalue weighted by Gasteiger charge is 1.65. The fraction of sp³-hybridized carbons (Fsp3) is 0.286. The number of nitrogens with zero attached hydrogens (tertiary/aromatic N) is 1. The minimum absolute atomic E-state index is 0.327. The lowest BCUT2D eigenvalue weighted by atomic mass is 10.4. The first-order chi connectivity index (χ1) is 3.91. The van der Waals surface area contributed by atoms with Crippen molar-refractivity contribution >= 4 is 0 Å². The molecule has 1 nitrogen and oxygen atoms in total. The Labute approximate surface area is 49.6 Å². The molecule has 0 heterocycles. The molecule has 0 N–H and O–H groups in total. The SMILES string of the molecule is C=CCC#CCC#N. The first-order valence-electron chi connectivity index (χ1n) is 2.35. The van der Waals surface area contributed by atoms with Gasteiger partial charge in [0.05, 0.1) is 12.5 Å². The van der Waals surface area contributed by atoms with E-state index >= 15 is 0 Å². The van der Waals surface area contributed by atoms with Crippen molar-refractivity contribution in [3.8, 4) is 17.9 Å². The van der Waals surface area contributed by atoms with E-state index in [9.17, 15) is 0 Å². The second-order valence-corrected chi connectivity index (χ2v) is 1.18. The maximum absolute atomic E-state index is 7.99. The van der Waals surface area contributed by atoms with Gasteiger partial charge in [0.25, 0.3) is 0 Å². The summed E-state index contributed by atoms with van der Waals surface area (Å²) in [5.41, 5.74) is 0. The van der Waals surface area contributed by atoms with Gasteiger partial charge in [0, 0.05) is 6.42 Å². The van der Waals surface area contributed by atoms with Crippen LogP contribution >= 0.6 is 0 Å². The van der Waals surface area contributed by atoms with Crippen molar-refractivity contribution in [3.63, 3.8) is 0 Å². The third-order valence-electron chi connectivity index (χ3n) is 0.539. The van der Waals surface area contributed by atoms with Crippen molar-refractivity contribution in [2.45, 2.75) is 12.8 Å². The van der Waals surface area contributed by atoms with Gasteiger partial charge in [-0.15, -0.1) is 6.58 Å². The van der Waals surface area contributed by atoms with Crippen molar-refractivity contribution in [3.05, 3.63) is 12.7 Å². The molecule has 0 atom stereocenters. The van der Waals surface area contributed by atoms with Crippen LogP contribution in [0.15, 0.2) is 12.7 Å². The second kappa shape index (κ2) is 5.79. The predicted octanol–water partition coefficient (Wildman–Crippen LogP) is 1.48. The highest BCUT2D eigenvalue weighted by Crippen LogP contribution is 1.74. The Balaban J connectivity index is 3.24. The summed E-state index contributed by atoms with van der Waals surface area (Å²) in [5, 5.41) is 7.99. The maximum atomic E-state index is 7.99. The number of allylic oxidation sites excluding steroid dienone is 1. The van der Waals surface area contributed by atoms with Crippen LogP contribution in [0.5, 0.6) is 0 Å². The Hall–Kier alpha value is -1.21. The topological polar surface area (TPSA) is 23.8 Å². The smallest absolute Gasteiger partial charge is 0.0963 e. The van der Waals surface area contributed by atoms with Crippen molar-refractivity contribution in [2.75, 3.05) is 0 Å². The van der Waals surface area contributed by atoms with Crippen molar-refractivity contribution in [1.82, 2.24) is 0 Å². The Kier molecular flexibility index (Phi) is 4.91. The normalized spacial score (nSPS) is 5.88. The van der Waals surface area contributed by atoms with E-state index in [0.717, 1.165) is 0 Å². The quantitative estimate of drug-likeness (QED) is 0.366. The average molecular weight is 105 g/mol. The Bertz CT molecular complexity index is 151. The van der Waals surface area contributed by atoms with Gasteiger partial charge in [-0.05, 0) is 0 Å². The van der Waals surface area contributed by atoms with E-state index in [-0.39, 0.29) is 0 Å². The monoisotopic (exact) mass is 105 g/mol. The fourth-order valence-corrected chi connectivity index (χ4v) is 0.246. The first-order valence-corrected chi connectivity index (χ1v) is 2.35. The molecular weight excluding hydrogens is 98.1 g/mol. The fourth-order valence-electron chi connectivity index (χ4n) is 0.246. The first kappa shape index (κ1) is 6.79. The van der Waals surface area contributed by atoms with Gasteiger partial charge in [0.15, 0.2) is 0 Å². The zero-order chi connectivity index (χ0) is 6.24. The molecule has 0 aliphatic rings. The summed E-state index contributed by atoms with van der Waals surface area (Å²) >= 11 is 0. The van der Waals surface area contributed by atoms with Gasteiger partial charge in [-0.3, -0.25) is 0 Å². The molecule has 0 saturated carbocycles. The summed E-state index contributed by atoms with van der Waals surface area (Å²) < 4.78 is 0. The van der Waals surface area contributed by atoms with Gasteiger partial charge < -0.3 is 0 Å². The van der Waals surface area contributed by atoms with Crippen LogP contribution in [0.1, 0.15) is 12.8 Å². The largest absolute Gasteiger partial charge is 0.197 e. The molecule has 0 fully saturated rings. The average Bonchev–Trinajstić information content (AvgIpc) is 1.81. The molecule has 0 aromatic rings. The summed E-state index contributed by atoms with van der Waals surface area (Å²) in [6, 6.07) is 1.92. The van der Waals surface area contributed by atoms with E-state index in [1.807, 2.05) is 6.07 Å². The van der Waals surface area contributed by atoms with E-state index < -0.39 is 0 Å². The molecule has 0 radical (unpaired) electrons. The number of hydrogen-bond acceptors (Lipinski definition) is 1. The number of rotatable bonds is 1. The standard InChI is InChI=1S/C7H7N/c1-2-3-4-5-6-7-8/h2H,1,3,6H2. The molecule has 40 valence electrons. The Morgan fingerprint density at radius 1 is 1.50 bits per heavy atom. The van der Waals surface area contributed by atoms with E-state index in [1.54, 1.807) is 6.08 Å². The summed E-state index contributed by atoms with van der Waals surface area (Å²) in [5.74, 6) is 5.40. The summed E-state index contributed by atoms with van der Waals surface area (Å²) in [7, 11) is 0. The van der Waals surface area contributed by atoms with Gasteiger partial charge >= 0.3 is 0 Å². The molecule has 0 aromatic heterocycles. The summed E-state index contributed by atoms with van der Waals surface area (Å²) in [6.07, 6.45) is 2.72. The molecule has 0 spiro atoms. The second-order valence-electron chi connectivity index (χ2n) is 1.18. The van der Waals surface area contributed by atoms with Gasteiger partial charge in [0.2, 0.25) is 0 Å². The maximum Gasteiger partial charge on any atom is 0.0963 e. The van der Waals surface area contributed by atoms with Crippen molar-refractivity contribution in [2.24, 2.45) is 0 Å². The molecule has 0 amide bonds. The highest BCUT2D eigenvalue weighted by atomic mass is 14.2. The van der Waals surface area contributed by atoms with E-state index in [4.69, 9.17) is 5.26 Å². The van der Waals surface area contributed by atoms with Gasteiger partial charge in [0.1, 0.15) is 0 Å². The Morgan fingerprint density at radius 2 is 2.25 bits per heavy atom. The van der Waals surface area contributed by atoms with Crippen molar-refractivity contribution in [1.29, 1.82) is 5.26 Å². The van der Waals surface area contributed by atoms with Crippen LogP contribution in [-0.4, -0.2) is 0 Å². The van der Waals surface area contributed by atoms with E-state index in [2.05, 4.69) is 18.4 Å². The van der Waals surface area contributed by atoms with Crippen LogP contribution in [0.4, 0.5) is 0 Å². The van der Waals surface area contributed by atoms with E-state index in [0.29, 0.717) is 12.8 Å². The number of hydrogen-bond donors (Lipinski definition) is 0. The summed E-state index contributed by atoms with van der Waals surface area (Å²) in [6.45, 7) is 3.47. The van der Waals surface area contributed by atoms with Crippen molar-refractivity contribution < 1.29 is 0 Å².